The van der Waals surface area contributed by atoms with E-state index in [2.05, 4.69) is 52.6 Å². The van der Waals surface area contributed by atoms with Crippen LogP contribution in [0.3, 0.4) is 0 Å². The molecule has 2 nitrogen and oxygen atoms in total. The Bertz CT molecular complexity index is 370. The third-order valence-electron chi connectivity index (χ3n) is 2.10. The van der Waals surface area contributed by atoms with Crippen LogP contribution in [0.2, 0.25) is 0 Å². The Morgan fingerprint density at radius 2 is 1.67 bits per heavy atom. The van der Waals surface area contributed by atoms with E-state index in [-0.39, 0.29) is 0 Å². The maximum Gasteiger partial charge on any atom is 0.0445 e. The van der Waals surface area contributed by atoms with Crippen molar-refractivity contribution in [3.05, 3.63) is 58.3 Å². The molecule has 15 heavy (non-hydrogen) atoms. The molecule has 2 rings (SSSR count). The molecule has 0 radical (unpaired) electrons. The molecule has 0 aliphatic carbocycles. The van der Waals surface area contributed by atoms with E-state index in [0.29, 0.717) is 0 Å². The Morgan fingerprint density at radius 3 is 2.40 bits per heavy atom. The summed E-state index contributed by atoms with van der Waals surface area (Å²) in [7, 11) is 0. The molecular formula is C12H14N2S. The molecule has 0 bridgehead atoms. The first-order valence-corrected chi connectivity index (χ1v) is 5.85. The van der Waals surface area contributed by atoms with Crippen LogP contribution in [0.15, 0.2) is 47.8 Å². The van der Waals surface area contributed by atoms with Gasteiger partial charge in [0.25, 0.3) is 0 Å². The number of rotatable bonds is 5. The molecule has 1 heterocycles. The standard InChI is InChI=1S/C12H14N2S/c1-2-5-11(6-3-1)9-13-14-10-12-7-4-8-15-12/h1-8,13-14H,9-10H2. The molecule has 0 atom stereocenters. The fourth-order valence-electron chi connectivity index (χ4n) is 1.32. The van der Waals surface area contributed by atoms with Gasteiger partial charge in [0.2, 0.25) is 0 Å². The molecule has 3 heteroatoms. The second-order valence-electron chi connectivity index (χ2n) is 3.27. The van der Waals surface area contributed by atoms with Crippen molar-refractivity contribution in [3.8, 4) is 0 Å². The molecule has 2 aromatic rings. The summed E-state index contributed by atoms with van der Waals surface area (Å²) in [5.74, 6) is 0. The molecule has 0 amide bonds. The first-order chi connectivity index (χ1) is 7.45. The van der Waals surface area contributed by atoms with Crippen molar-refractivity contribution in [2.45, 2.75) is 13.1 Å². The van der Waals surface area contributed by atoms with E-state index in [0.717, 1.165) is 13.1 Å². The minimum atomic E-state index is 0.853. The van der Waals surface area contributed by atoms with Crippen molar-refractivity contribution in [2.75, 3.05) is 0 Å². The van der Waals surface area contributed by atoms with Gasteiger partial charge < -0.3 is 0 Å². The number of nitrogens with one attached hydrogen (secondary N) is 2. The van der Waals surface area contributed by atoms with Crippen LogP contribution in [0.4, 0.5) is 0 Å². The van der Waals surface area contributed by atoms with Crippen LogP contribution in [-0.4, -0.2) is 0 Å². The van der Waals surface area contributed by atoms with Crippen LogP contribution in [-0.2, 0) is 13.1 Å². The summed E-state index contributed by atoms with van der Waals surface area (Å²) in [5, 5.41) is 2.09. The van der Waals surface area contributed by atoms with E-state index in [1.54, 1.807) is 11.3 Å². The van der Waals surface area contributed by atoms with Crippen LogP contribution in [0.1, 0.15) is 10.4 Å². The van der Waals surface area contributed by atoms with Gasteiger partial charge in [0.1, 0.15) is 0 Å². The molecule has 0 unspecified atom stereocenters. The normalized spacial score (nSPS) is 10.4. The van der Waals surface area contributed by atoms with Crippen molar-refractivity contribution in [3.63, 3.8) is 0 Å². The summed E-state index contributed by atoms with van der Waals surface area (Å²) in [5.41, 5.74) is 7.68. The van der Waals surface area contributed by atoms with Crippen molar-refractivity contribution >= 4 is 11.3 Å². The Balaban J connectivity index is 1.68. The highest BCUT2D eigenvalue weighted by Gasteiger charge is 1.92. The lowest BCUT2D eigenvalue weighted by molar-refractivity contribution is 0.533. The van der Waals surface area contributed by atoms with Gasteiger partial charge in [-0.05, 0) is 17.0 Å². The molecule has 0 fully saturated rings. The van der Waals surface area contributed by atoms with Gasteiger partial charge in [0, 0.05) is 18.0 Å². The maximum absolute atomic E-state index is 3.20. The highest BCUT2D eigenvalue weighted by molar-refractivity contribution is 7.09. The highest BCUT2D eigenvalue weighted by Crippen LogP contribution is 2.06. The molecule has 78 valence electrons. The fraction of sp³-hybridized carbons (Fsp3) is 0.167. The van der Waals surface area contributed by atoms with E-state index in [4.69, 9.17) is 0 Å². The van der Waals surface area contributed by atoms with E-state index < -0.39 is 0 Å². The van der Waals surface area contributed by atoms with E-state index in [9.17, 15) is 0 Å². The molecule has 1 aromatic carbocycles. The van der Waals surface area contributed by atoms with Gasteiger partial charge in [-0.15, -0.1) is 11.3 Å². The van der Waals surface area contributed by atoms with Gasteiger partial charge in [-0.25, -0.2) is 0 Å². The Morgan fingerprint density at radius 1 is 0.867 bits per heavy atom. The monoisotopic (exact) mass is 218 g/mol. The minimum Gasteiger partial charge on any atom is -0.253 e. The van der Waals surface area contributed by atoms with Crippen LogP contribution < -0.4 is 10.9 Å². The third-order valence-corrected chi connectivity index (χ3v) is 2.98. The van der Waals surface area contributed by atoms with Gasteiger partial charge in [-0.2, -0.15) is 0 Å². The second kappa shape index (κ2) is 5.66. The Hall–Kier alpha value is -1.16. The summed E-state index contributed by atoms with van der Waals surface area (Å²) < 4.78 is 0. The average Bonchev–Trinajstić information content (AvgIpc) is 2.79. The molecule has 0 saturated heterocycles. The zero-order valence-electron chi connectivity index (χ0n) is 8.44. The van der Waals surface area contributed by atoms with E-state index >= 15 is 0 Å². The highest BCUT2D eigenvalue weighted by atomic mass is 32.1. The lowest BCUT2D eigenvalue weighted by atomic mass is 10.2. The van der Waals surface area contributed by atoms with Crippen molar-refractivity contribution in [1.29, 1.82) is 0 Å². The smallest absolute Gasteiger partial charge is 0.0445 e. The van der Waals surface area contributed by atoms with E-state index in [1.165, 1.54) is 10.4 Å². The molecule has 1 aromatic heterocycles. The van der Waals surface area contributed by atoms with Crippen LogP contribution in [0.25, 0.3) is 0 Å². The summed E-state index contributed by atoms with van der Waals surface area (Å²) in [4.78, 5) is 1.34. The third kappa shape index (κ3) is 3.47. The van der Waals surface area contributed by atoms with Crippen molar-refractivity contribution < 1.29 is 0 Å². The molecular weight excluding hydrogens is 204 g/mol. The zero-order valence-corrected chi connectivity index (χ0v) is 9.26. The van der Waals surface area contributed by atoms with Gasteiger partial charge in [0.05, 0.1) is 0 Å². The zero-order chi connectivity index (χ0) is 10.3. The second-order valence-corrected chi connectivity index (χ2v) is 4.30. The molecule has 0 saturated carbocycles. The lowest BCUT2D eigenvalue weighted by Gasteiger charge is -2.05. The average molecular weight is 218 g/mol. The summed E-state index contributed by atoms with van der Waals surface area (Å²) >= 11 is 1.77. The number of hydrogen-bond donors (Lipinski definition) is 2. The first-order valence-electron chi connectivity index (χ1n) is 4.97. The molecule has 0 aliphatic rings. The molecule has 0 aliphatic heterocycles. The van der Waals surface area contributed by atoms with Crippen LogP contribution in [0.5, 0.6) is 0 Å². The van der Waals surface area contributed by atoms with Gasteiger partial charge in [0.15, 0.2) is 0 Å². The van der Waals surface area contributed by atoms with Gasteiger partial charge >= 0.3 is 0 Å². The Labute approximate surface area is 93.9 Å². The van der Waals surface area contributed by atoms with Crippen LogP contribution >= 0.6 is 11.3 Å². The van der Waals surface area contributed by atoms with E-state index in [1.807, 2.05) is 6.07 Å². The number of benzene rings is 1. The van der Waals surface area contributed by atoms with Gasteiger partial charge in [-0.1, -0.05) is 36.4 Å². The largest absolute Gasteiger partial charge is 0.253 e. The molecule has 2 N–H and O–H groups in total. The quantitative estimate of drug-likeness (QED) is 0.595. The summed E-state index contributed by atoms with van der Waals surface area (Å²) in [6.45, 7) is 1.73. The topological polar surface area (TPSA) is 24.1 Å². The predicted octanol–water partition coefficient (Wildman–Crippen LogP) is 2.54. The minimum absolute atomic E-state index is 0.853. The molecule has 0 spiro atoms. The first kappa shape index (κ1) is 10.4. The maximum atomic E-state index is 3.20. The van der Waals surface area contributed by atoms with Crippen molar-refractivity contribution in [2.24, 2.45) is 0 Å². The van der Waals surface area contributed by atoms with Crippen LogP contribution in [0, 0.1) is 0 Å². The Kier molecular flexibility index (Phi) is 3.91. The summed E-state index contributed by atoms with van der Waals surface area (Å²) in [6.07, 6.45) is 0. The number of thiophene rings is 1. The van der Waals surface area contributed by atoms with Crippen molar-refractivity contribution in [1.82, 2.24) is 10.9 Å². The number of hydrazine groups is 1. The summed E-state index contributed by atoms with van der Waals surface area (Å²) in [6, 6.07) is 14.6. The fourth-order valence-corrected chi connectivity index (χ4v) is 1.97. The lowest BCUT2D eigenvalue weighted by Crippen LogP contribution is -2.30. The predicted molar refractivity (Wildman–Crippen MR) is 64.4 cm³/mol. The van der Waals surface area contributed by atoms with Gasteiger partial charge in [-0.3, -0.25) is 10.9 Å². The number of hydrogen-bond acceptors (Lipinski definition) is 3. The SMILES string of the molecule is c1ccc(CNNCc2cccs2)cc1.